The van der Waals surface area contributed by atoms with Gasteiger partial charge in [0.05, 0.1) is 71.0 Å². The Morgan fingerprint density at radius 1 is 0.418 bits per heavy atom. The van der Waals surface area contributed by atoms with E-state index in [4.69, 9.17) is 0 Å². The Balaban J connectivity index is 0.000000804. The smallest absolute Gasteiger partial charge is 0.207 e. The minimum absolute atomic E-state index is 0.529. The van der Waals surface area contributed by atoms with E-state index in [1.165, 1.54) is 127 Å². The van der Waals surface area contributed by atoms with Gasteiger partial charge in [-0.15, -0.1) is 0 Å². The first-order chi connectivity index (χ1) is 26.3. The molecule has 55 heavy (non-hydrogen) atoms. The van der Waals surface area contributed by atoms with Gasteiger partial charge >= 0.3 is 0 Å². The molecule has 0 aliphatic heterocycles. The summed E-state index contributed by atoms with van der Waals surface area (Å²) in [7, 11) is -5.46. The molecular formula is C46H80O6P2S. The predicted octanol–water partition coefficient (Wildman–Crippen LogP) is 11.7. The summed E-state index contributed by atoms with van der Waals surface area (Å²) in [5.74, 6) is -3.33. The van der Waals surface area contributed by atoms with Crippen molar-refractivity contribution in [2.45, 2.75) is 168 Å². The van der Waals surface area contributed by atoms with Gasteiger partial charge in [-0.1, -0.05) is 143 Å². The molecule has 0 bridgehead atoms. The highest BCUT2D eigenvalue weighted by Crippen LogP contribution is 2.62. The van der Waals surface area contributed by atoms with Crippen LogP contribution in [0.5, 0.6) is 0 Å². The van der Waals surface area contributed by atoms with Crippen LogP contribution < -0.4 is 10.2 Å². The van der Waals surface area contributed by atoms with Crippen molar-refractivity contribution < 1.29 is 28.2 Å². The van der Waals surface area contributed by atoms with E-state index in [0.717, 1.165) is 24.3 Å². The minimum atomic E-state index is -4.33. The number of sulfone groups is 1. The van der Waals surface area contributed by atoms with Crippen LogP contribution in [0.1, 0.15) is 179 Å². The second-order valence-corrected chi connectivity index (χ2v) is 26.2. The average molecular weight is 823 g/mol. The van der Waals surface area contributed by atoms with E-state index in [2.05, 4.69) is 55.4 Å². The molecule has 6 nitrogen and oxygen atoms in total. The Morgan fingerprint density at radius 2 is 0.618 bits per heavy atom. The molecule has 0 N–H and O–H groups in total. The van der Waals surface area contributed by atoms with Crippen LogP contribution in [0.25, 0.3) is 0 Å². The number of hydrogen-bond acceptors (Lipinski definition) is 6. The van der Waals surface area contributed by atoms with Crippen molar-refractivity contribution in [1.82, 2.24) is 0 Å². The minimum Gasteiger partial charge on any atom is -0.545 e. The molecule has 0 aliphatic rings. The molecule has 2 rings (SSSR count). The standard InChI is InChI=1S/2C16H36P.C14H10O6S/c2*1-5-9-13-17(14-10-6-2,15-11-7-3)16-12-8-4;15-13(16)9-5-1-3-7-11(9)21(19,20)12-8-4-2-6-10(12)14(17)18/h2*5-16H2,1-4H3;1-8H,(H,15,16)(H,17,18)/q2*+1;/p-2. The lowest BCUT2D eigenvalue weighted by atomic mass is 10.2. The Morgan fingerprint density at radius 3 is 0.800 bits per heavy atom. The van der Waals surface area contributed by atoms with E-state index in [1.54, 1.807) is 49.3 Å². The number of unbranched alkanes of at least 4 members (excludes halogenated alkanes) is 8. The molecule has 0 fully saturated rings. The van der Waals surface area contributed by atoms with E-state index >= 15 is 0 Å². The summed E-state index contributed by atoms with van der Waals surface area (Å²) >= 11 is 0. The van der Waals surface area contributed by atoms with E-state index in [1.807, 2.05) is 0 Å². The van der Waals surface area contributed by atoms with Gasteiger partial charge < -0.3 is 19.8 Å². The molecule has 0 unspecified atom stereocenters. The van der Waals surface area contributed by atoms with Crippen LogP contribution in [0.2, 0.25) is 0 Å². The van der Waals surface area contributed by atoms with Crippen molar-refractivity contribution in [1.29, 1.82) is 0 Å². The van der Waals surface area contributed by atoms with Crippen LogP contribution in [-0.4, -0.2) is 69.7 Å². The van der Waals surface area contributed by atoms with Crippen molar-refractivity contribution in [3.63, 3.8) is 0 Å². The summed E-state index contributed by atoms with van der Waals surface area (Å²) in [4.78, 5) is 21.0. The quantitative estimate of drug-likeness (QED) is 0.0790. The molecule has 0 saturated carbocycles. The van der Waals surface area contributed by atoms with Gasteiger partial charge in [-0.3, -0.25) is 0 Å². The van der Waals surface area contributed by atoms with Gasteiger partial charge in [0.25, 0.3) is 0 Å². The second kappa shape index (κ2) is 31.2. The van der Waals surface area contributed by atoms with Gasteiger partial charge in [-0.2, -0.15) is 0 Å². The largest absolute Gasteiger partial charge is 0.545 e. The zero-order valence-corrected chi connectivity index (χ0v) is 38.9. The van der Waals surface area contributed by atoms with Gasteiger partial charge in [-0.05, 0) is 63.5 Å². The molecular weight excluding hydrogens is 743 g/mol. The van der Waals surface area contributed by atoms with Gasteiger partial charge in [0.1, 0.15) is 0 Å². The molecule has 2 aromatic rings. The molecule has 0 spiro atoms. The number of benzene rings is 2. The number of aromatic carboxylic acids is 2. The lowest BCUT2D eigenvalue weighted by molar-refractivity contribution is -0.256. The Labute approximate surface area is 340 Å². The lowest BCUT2D eigenvalue weighted by Gasteiger charge is -2.28. The first-order valence-electron chi connectivity index (χ1n) is 21.9. The Hall–Kier alpha value is -1.81. The molecule has 0 aromatic heterocycles. The van der Waals surface area contributed by atoms with Gasteiger partial charge in [0.15, 0.2) is 0 Å². The molecule has 0 heterocycles. The van der Waals surface area contributed by atoms with Gasteiger partial charge in [-0.25, -0.2) is 8.42 Å². The van der Waals surface area contributed by atoms with Crippen molar-refractivity contribution >= 4 is 36.3 Å². The number of hydrogen-bond donors (Lipinski definition) is 0. The molecule has 9 heteroatoms. The van der Waals surface area contributed by atoms with Crippen LogP contribution in [-0.2, 0) is 9.84 Å². The summed E-state index contributed by atoms with van der Waals surface area (Å²) in [6, 6.07) is 9.65. The third-order valence-electron chi connectivity index (χ3n) is 10.7. The molecule has 0 atom stereocenters. The average Bonchev–Trinajstić information content (AvgIpc) is 3.20. The summed E-state index contributed by atoms with van der Waals surface area (Å²) in [5.41, 5.74) is -1.07. The number of carboxylic acids is 2. The zero-order chi connectivity index (χ0) is 41.6. The third-order valence-corrected chi connectivity index (χ3v) is 22.7. The van der Waals surface area contributed by atoms with Gasteiger partial charge in [0.2, 0.25) is 9.84 Å². The normalized spacial score (nSPS) is 11.6. The molecule has 0 saturated heterocycles. The highest BCUT2D eigenvalue weighted by atomic mass is 32.2. The van der Waals surface area contributed by atoms with E-state index in [-0.39, 0.29) is 0 Å². The van der Waals surface area contributed by atoms with Crippen LogP contribution in [0.15, 0.2) is 58.3 Å². The first-order valence-corrected chi connectivity index (χ1v) is 28.4. The molecule has 0 amide bonds. The van der Waals surface area contributed by atoms with E-state index in [0.29, 0.717) is 0 Å². The predicted molar refractivity (Wildman–Crippen MR) is 239 cm³/mol. The Bertz CT molecular complexity index is 1240. The van der Waals surface area contributed by atoms with Crippen molar-refractivity contribution in [2.75, 3.05) is 49.3 Å². The number of carboxylic acid groups (broad SMARTS) is 2. The van der Waals surface area contributed by atoms with Crippen LogP contribution in [0, 0.1) is 0 Å². The maximum absolute atomic E-state index is 12.5. The SMILES string of the molecule is CCCC[P+](CCCC)(CCCC)CCCC.CCCC[P+](CCCC)(CCCC)CCCC.O=C([O-])c1ccccc1S(=O)(=O)c1ccccc1C(=O)[O-]. The van der Waals surface area contributed by atoms with Crippen molar-refractivity contribution in [2.24, 2.45) is 0 Å². The lowest BCUT2D eigenvalue weighted by Crippen LogP contribution is -2.27. The third kappa shape index (κ3) is 20.4. The fraction of sp³-hybridized carbons (Fsp3) is 0.696. The maximum atomic E-state index is 12.5. The van der Waals surface area contributed by atoms with E-state index in [9.17, 15) is 28.2 Å². The van der Waals surface area contributed by atoms with E-state index < -0.39 is 57.2 Å². The maximum Gasteiger partial charge on any atom is 0.207 e. The summed E-state index contributed by atoms with van der Waals surface area (Å²) in [6.07, 6.45) is 35.9. The Kier molecular flexibility index (Phi) is 30.2. The summed E-state index contributed by atoms with van der Waals surface area (Å²) < 4.78 is 25.0. The summed E-state index contributed by atoms with van der Waals surface area (Å²) in [6.45, 7) is 18.8. The molecule has 316 valence electrons. The fourth-order valence-electron chi connectivity index (χ4n) is 7.15. The van der Waals surface area contributed by atoms with Crippen LogP contribution in [0.4, 0.5) is 0 Å². The zero-order valence-electron chi connectivity index (χ0n) is 36.3. The highest BCUT2D eigenvalue weighted by molar-refractivity contribution is 7.91. The molecule has 0 radical (unpaired) electrons. The van der Waals surface area contributed by atoms with Crippen molar-refractivity contribution in [3.05, 3.63) is 59.7 Å². The molecule has 0 aliphatic carbocycles. The number of carbonyl (C=O) groups excluding carboxylic acids is 2. The topological polar surface area (TPSA) is 114 Å². The second-order valence-electron chi connectivity index (χ2n) is 15.4. The summed E-state index contributed by atoms with van der Waals surface area (Å²) in [5, 5.41) is 22.0. The number of rotatable bonds is 28. The van der Waals surface area contributed by atoms with Crippen LogP contribution >= 0.6 is 14.5 Å². The monoisotopic (exact) mass is 823 g/mol. The first kappa shape index (κ1) is 53.2. The molecule has 2 aromatic carbocycles. The van der Waals surface area contributed by atoms with Gasteiger partial charge in [0, 0.05) is 25.7 Å². The highest BCUT2D eigenvalue weighted by Gasteiger charge is 2.35. The number of carbonyl (C=O) groups is 2. The fourth-order valence-corrected chi connectivity index (χ4v) is 19.4. The van der Waals surface area contributed by atoms with Crippen molar-refractivity contribution in [3.8, 4) is 0 Å². The van der Waals surface area contributed by atoms with Crippen LogP contribution in [0.3, 0.4) is 0 Å².